The summed E-state index contributed by atoms with van der Waals surface area (Å²) < 4.78 is 49.6. The van der Waals surface area contributed by atoms with Gasteiger partial charge in [0.25, 0.3) is 0 Å². The lowest BCUT2D eigenvalue weighted by Gasteiger charge is -2.13. The second-order valence-corrected chi connectivity index (χ2v) is 8.38. The molecule has 1 unspecified atom stereocenters. The summed E-state index contributed by atoms with van der Waals surface area (Å²) in [4.78, 5) is 20.7. The molecule has 0 amide bonds. The van der Waals surface area contributed by atoms with Gasteiger partial charge in [0.2, 0.25) is 11.6 Å². The number of carbonyl (C=O) groups is 1. The van der Waals surface area contributed by atoms with Crippen LogP contribution in [0.25, 0.3) is 22.7 Å². The van der Waals surface area contributed by atoms with Gasteiger partial charge in [0, 0.05) is 22.4 Å². The van der Waals surface area contributed by atoms with E-state index in [4.69, 9.17) is 14.3 Å². The van der Waals surface area contributed by atoms with Gasteiger partial charge < -0.3 is 14.3 Å². The average Bonchev–Trinajstić information content (AvgIpc) is 3.26. The second kappa shape index (κ2) is 9.76. The third-order valence-electron chi connectivity index (χ3n) is 4.98. The highest BCUT2D eigenvalue weighted by Gasteiger charge is 2.30. The van der Waals surface area contributed by atoms with Crippen LogP contribution in [-0.4, -0.2) is 27.1 Å². The highest BCUT2D eigenvalue weighted by molar-refractivity contribution is 7.98. The molecule has 0 saturated heterocycles. The average molecular weight is 488 g/mol. The largest absolute Gasteiger partial charge is 0.479 e. The Balaban J connectivity index is 1.48. The van der Waals surface area contributed by atoms with E-state index in [0.717, 1.165) is 22.6 Å². The maximum Gasteiger partial charge on any atom is 0.416 e. The van der Waals surface area contributed by atoms with E-state index in [0.29, 0.717) is 34.7 Å². The number of carboxylic acids is 1. The van der Waals surface area contributed by atoms with Gasteiger partial charge in [-0.3, -0.25) is 0 Å². The van der Waals surface area contributed by atoms with Crippen LogP contribution in [0.3, 0.4) is 0 Å². The van der Waals surface area contributed by atoms with Crippen LogP contribution in [0.15, 0.2) is 70.1 Å². The van der Waals surface area contributed by atoms with Gasteiger partial charge >= 0.3 is 12.1 Å². The van der Waals surface area contributed by atoms with Crippen LogP contribution in [0.4, 0.5) is 13.2 Å². The Hall–Kier alpha value is -3.53. The Morgan fingerprint density at radius 1 is 1.12 bits per heavy atom. The molecular formula is C24H19F3N2O4S. The Morgan fingerprint density at radius 3 is 2.44 bits per heavy atom. The van der Waals surface area contributed by atoms with E-state index in [1.165, 1.54) is 23.9 Å². The van der Waals surface area contributed by atoms with Gasteiger partial charge in [-0.2, -0.15) is 13.2 Å². The Labute approximate surface area is 196 Å². The van der Waals surface area contributed by atoms with Crippen LogP contribution in [0.1, 0.15) is 24.5 Å². The molecule has 0 aliphatic rings. The molecule has 0 fully saturated rings. The zero-order valence-electron chi connectivity index (χ0n) is 17.9. The number of alkyl halides is 3. The number of nitrogens with zero attached hydrogens (tertiary/aromatic N) is 2. The van der Waals surface area contributed by atoms with Crippen molar-refractivity contribution in [1.29, 1.82) is 0 Å². The van der Waals surface area contributed by atoms with Gasteiger partial charge in [-0.25, -0.2) is 14.8 Å². The lowest BCUT2D eigenvalue weighted by molar-refractivity contribution is -0.145. The molecule has 2 aromatic heterocycles. The molecule has 1 N–H and O–H groups in total. The van der Waals surface area contributed by atoms with Crippen molar-refractivity contribution in [2.75, 3.05) is 0 Å². The third kappa shape index (κ3) is 5.33. The first kappa shape index (κ1) is 23.6. The smallest absolute Gasteiger partial charge is 0.416 e. The van der Waals surface area contributed by atoms with E-state index in [2.05, 4.69) is 9.97 Å². The minimum absolute atomic E-state index is 0.194. The number of rotatable bonds is 8. The van der Waals surface area contributed by atoms with Gasteiger partial charge in [0.1, 0.15) is 11.3 Å². The van der Waals surface area contributed by atoms with Crippen molar-refractivity contribution in [3.05, 3.63) is 71.9 Å². The number of aliphatic carboxylic acids is 1. The standard InChI is InChI=1S/C24H19F3N2O4S/c1-2-19(23(30)31)32-17-7-9-18(10-8-17)34-13-15-11-12-28-22-20(15)29-21(33-22)14-3-5-16(6-4-14)24(25,26)27/h3-12,19H,2,13H2,1H3,(H,30,31). The van der Waals surface area contributed by atoms with Gasteiger partial charge in [-0.15, -0.1) is 11.8 Å². The van der Waals surface area contributed by atoms with Crippen LogP contribution in [0.2, 0.25) is 0 Å². The van der Waals surface area contributed by atoms with E-state index >= 15 is 0 Å². The number of hydrogen-bond acceptors (Lipinski definition) is 6. The third-order valence-corrected chi connectivity index (χ3v) is 6.04. The highest BCUT2D eigenvalue weighted by atomic mass is 32.2. The van der Waals surface area contributed by atoms with Crippen molar-refractivity contribution in [3.8, 4) is 17.2 Å². The summed E-state index contributed by atoms with van der Waals surface area (Å²) in [6.45, 7) is 1.74. The summed E-state index contributed by atoms with van der Waals surface area (Å²) in [6, 6.07) is 13.5. The first-order chi connectivity index (χ1) is 16.2. The summed E-state index contributed by atoms with van der Waals surface area (Å²) >= 11 is 1.53. The van der Waals surface area contributed by atoms with Crippen molar-refractivity contribution >= 4 is 29.0 Å². The van der Waals surface area contributed by atoms with Crippen LogP contribution in [-0.2, 0) is 16.7 Å². The molecule has 0 radical (unpaired) electrons. The van der Waals surface area contributed by atoms with Crippen LogP contribution in [0, 0.1) is 0 Å². The normalized spacial score (nSPS) is 12.6. The highest BCUT2D eigenvalue weighted by Crippen LogP contribution is 2.33. The fraction of sp³-hybridized carbons (Fsp3) is 0.208. The van der Waals surface area contributed by atoms with Gasteiger partial charge in [-0.1, -0.05) is 6.92 Å². The molecule has 0 bridgehead atoms. The molecule has 4 aromatic rings. The molecule has 1 atom stereocenters. The van der Waals surface area contributed by atoms with Gasteiger partial charge in [-0.05, 0) is 66.6 Å². The molecule has 0 aliphatic carbocycles. The molecule has 6 nitrogen and oxygen atoms in total. The number of halogens is 3. The van der Waals surface area contributed by atoms with Gasteiger partial charge in [0.15, 0.2) is 6.10 Å². The zero-order chi connectivity index (χ0) is 24.3. The molecule has 10 heteroatoms. The summed E-state index contributed by atoms with van der Waals surface area (Å²) in [7, 11) is 0. The van der Waals surface area contributed by atoms with E-state index in [9.17, 15) is 18.0 Å². The number of carboxylic acid groups (broad SMARTS) is 1. The number of fused-ring (bicyclic) bond motifs is 1. The number of thioether (sulfide) groups is 1. The maximum absolute atomic E-state index is 12.8. The van der Waals surface area contributed by atoms with Crippen molar-refractivity contribution in [2.45, 2.75) is 36.3 Å². The summed E-state index contributed by atoms with van der Waals surface area (Å²) in [6.07, 6.45) is -3.36. The molecule has 4 rings (SSSR count). The molecule has 0 spiro atoms. The summed E-state index contributed by atoms with van der Waals surface area (Å²) in [5.74, 6) is 0.206. The monoisotopic (exact) mass is 488 g/mol. The van der Waals surface area contributed by atoms with E-state index in [-0.39, 0.29) is 5.89 Å². The van der Waals surface area contributed by atoms with E-state index < -0.39 is 23.8 Å². The predicted molar refractivity (Wildman–Crippen MR) is 121 cm³/mol. The number of pyridine rings is 1. The quantitative estimate of drug-likeness (QED) is 0.286. The molecular weight excluding hydrogens is 469 g/mol. The molecule has 2 heterocycles. The minimum atomic E-state index is -4.41. The van der Waals surface area contributed by atoms with Crippen molar-refractivity contribution in [2.24, 2.45) is 0 Å². The first-order valence-electron chi connectivity index (χ1n) is 10.3. The Morgan fingerprint density at radius 2 is 1.82 bits per heavy atom. The van der Waals surface area contributed by atoms with Crippen LogP contribution in [0.5, 0.6) is 5.75 Å². The molecule has 34 heavy (non-hydrogen) atoms. The minimum Gasteiger partial charge on any atom is -0.479 e. The number of hydrogen-bond donors (Lipinski definition) is 1. The summed E-state index contributed by atoms with van der Waals surface area (Å²) in [5.41, 5.74) is 1.38. The maximum atomic E-state index is 12.8. The topological polar surface area (TPSA) is 85.5 Å². The number of ether oxygens (including phenoxy) is 1. The predicted octanol–water partition coefficient (Wildman–Crippen LogP) is 6.44. The second-order valence-electron chi connectivity index (χ2n) is 7.33. The molecule has 0 saturated carbocycles. The van der Waals surface area contributed by atoms with E-state index in [1.807, 2.05) is 18.2 Å². The first-order valence-corrected chi connectivity index (χ1v) is 11.3. The molecule has 0 aliphatic heterocycles. The SMILES string of the molecule is CCC(Oc1ccc(SCc2ccnc3oc(-c4ccc(C(F)(F)F)cc4)nc23)cc1)C(=O)O. The number of benzene rings is 2. The fourth-order valence-electron chi connectivity index (χ4n) is 3.17. The van der Waals surface area contributed by atoms with Gasteiger partial charge in [0.05, 0.1) is 5.56 Å². The number of oxazole rings is 1. The molecule has 2 aromatic carbocycles. The fourth-order valence-corrected chi connectivity index (χ4v) is 4.06. The van der Waals surface area contributed by atoms with Crippen LogP contribution >= 0.6 is 11.8 Å². The number of aromatic nitrogens is 2. The van der Waals surface area contributed by atoms with Crippen molar-refractivity contribution < 1.29 is 32.2 Å². The molecule has 176 valence electrons. The van der Waals surface area contributed by atoms with Crippen molar-refractivity contribution in [3.63, 3.8) is 0 Å². The lowest BCUT2D eigenvalue weighted by Crippen LogP contribution is -2.25. The summed E-state index contributed by atoms with van der Waals surface area (Å²) in [5, 5.41) is 9.11. The Bertz CT molecular complexity index is 1290. The lowest BCUT2D eigenvalue weighted by atomic mass is 10.1. The zero-order valence-corrected chi connectivity index (χ0v) is 18.7. The Kier molecular flexibility index (Phi) is 6.78. The van der Waals surface area contributed by atoms with Crippen molar-refractivity contribution in [1.82, 2.24) is 9.97 Å². The van der Waals surface area contributed by atoms with E-state index in [1.54, 1.807) is 25.3 Å². The van der Waals surface area contributed by atoms with Crippen LogP contribution < -0.4 is 4.74 Å².